The van der Waals surface area contributed by atoms with Crippen LogP contribution in [-0.4, -0.2) is 55.1 Å². The molecule has 0 radical (unpaired) electrons. The average molecular weight is 374 g/mol. The van der Waals surface area contributed by atoms with Gasteiger partial charge in [-0.25, -0.2) is 4.79 Å². The number of carbonyl (C=O) groups excluding carboxylic acids is 1. The maximum atomic E-state index is 12.4. The molecule has 2 aromatic carbocycles. The average Bonchev–Trinajstić information content (AvgIpc) is 2.63. The van der Waals surface area contributed by atoms with Gasteiger partial charge in [-0.05, 0) is 37.4 Å². The van der Waals surface area contributed by atoms with E-state index in [-0.39, 0.29) is 11.3 Å². The number of carbonyl (C=O) groups is 2. The predicted molar refractivity (Wildman–Crippen MR) is 103 cm³/mol. The Balaban J connectivity index is 1.84. The molecule has 0 unspecified atom stereocenters. The molecule has 6 nitrogen and oxygen atoms in total. The van der Waals surface area contributed by atoms with Gasteiger partial charge in [0, 0.05) is 31.9 Å². The van der Waals surface area contributed by atoms with E-state index < -0.39 is 11.9 Å². The molecule has 7 heteroatoms. The van der Waals surface area contributed by atoms with Crippen LogP contribution in [0.15, 0.2) is 42.5 Å². The number of nitrogens with zero attached hydrogens (tertiary/aromatic N) is 2. The lowest BCUT2D eigenvalue weighted by molar-refractivity contribution is 0.0698. The predicted octanol–water partition coefficient (Wildman–Crippen LogP) is 3.04. The molecule has 0 spiro atoms. The summed E-state index contributed by atoms with van der Waals surface area (Å²) in [6, 6.07) is 11.7. The number of carboxylic acids is 1. The van der Waals surface area contributed by atoms with E-state index in [1.807, 2.05) is 6.07 Å². The number of hydrogen-bond acceptors (Lipinski definition) is 4. The van der Waals surface area contributed by atoms with Crippen molar-refractivity contribution in [2.45, 2.75) is 0 Å². The Bertz CT molecular complexity index is 833. The van der Waals surface area contributed by atoms with E-state index >= 15 is 0 Å². The Hall–Kier alpha value is -2.57. The first-order valence-electron chi connectivity index (χ1n) is 8.32. The van der Waals surface area contributed by atoms with Crippen LogP contribution in [0.2, 0.25) is 5.02 Å². The van der Waals surface area contributed by atoms with E-state index in [9.17, 15) is 14.7 Å². The van der Waals surface area contributed by atoms with E-state index in [2.05, 4.69) is 22.2 Å². The minimum absolute atomic E-state index is 0.0573. The molecule has 2 aromatic rings. The molecular formula is C19H20ClN3O3. The third-order valence-electron chi connectivity index (χ3n) is 4.47. The quantitative estimate of drug-likeness (QED) is 0.861. The molecular weight excluding hydrogens is 354 g/mol. The Morgan fingerprint density at radius 1 is 1.04 bits per heavy atom. The highest BCUT2D eigenvalue weighted by atomic mass is 35.5. The topological polar surface area (TPSA) is 72.9 Å². The fourth-order valence-electron chi connectivity index (χ4n) is 2.91. The molecule has 0 bridgehead atoms. The van der Waals surface area contributed by atoms with Crippen LogP contribution in [-0.2, 0) is 0 Å². The molecule has 26 heavy (non-hydrogen) atoms. The fraction of sp³-hybridized carbons (Fsp3) is 0.263. The van der Waals surface area contributed by atoms with Gasteiger partial charge in [0.15, 0.2) is 0 Å². The van der Waals surface area contributed by atoms with Gasteiger partial charge in [0.05, 0.1) is 21.8 Å². The Kier molecular flexibility index (Phi) is 5.44. The molecule has 2 N–H and O–H groups in total. The lowest BCUT2D eigenvalue weighted by atomic mass is 10.1. The second-order valence-corrected chi connectivity index (χ2v) is 6.67. The molecule has 1 aliphatic rings. The van der Waals surface area contributed by atoms with Gasteiger partial charge in [-0.15, -0.1) is 0 Å². The summed E-state index contributed by atoms with van der Waals surface area (Å²) >= 11 is 6.04. The molecule has 1 fully saturated rings. The Labute approximate surface area is 157 Å². The monoisotopic (exact) mass is 373 g/mol. The molecule has 0 saturated carbocycles. The van der Waals surface area contributed by atoms with Crippen LogP contribution in [0.3, 0.4) is 0 Å². The number of nitrogens with one attached hydrogen (secondary N) is 1. The number of hydrogen-bond donors (Lipinski definition) is 2. The first kappa shape index (κ1) is 18.2. The Morgan fingerprint density at radius 2 is 1.73 bits per heavy atom. The second-order valence-electron chi connectivity index (χ2n) is 6.26. The van der Waals surface area contributed by atoms with Gasteiger partial charge in [0.2, 0.25) is 0 Å². The van der Waals surface area contributed by atoms with Gasteiger partial charge >= 0.3 is 5.97 Å². The van der Waals surface area contributed by atoms with E-state index in [0.29, 0.717) is 10.6 Å². The molecule has 1 aliphatic heterocycles. The van der Waals surface area contributed by atoms with Gasteiger partial charge in [0.25, 0.3) is 5.91 Å². The third-order valence-corrected chi connectivity index (χ3v) is 4.80. The first-order valence-corrected chi connectivity index (χ1v) is 8.70. The van der Waals surface area contributed by atoms with Crippen molar-refractivity contribution >= 4 is 34.9 Å². The minimum atomic E-state index is -1.09. The first-order chi connectivity index (χ1) is 12.5. The smallest absolute Gasteiger partial charge is 0.337 e. The number of rotatable bonds is 4. The Morgan fingerprint density at radius 3 is 2.38 bits per heavy atom. The van der Waals surface area contributed by atoms with Gasteiger partial charge in [-0.1, -0.05) is 23.7 Å². The zero-order valence-electron chi connectivity index (χ0n) is 14.4. The van der Waals surface area contributed by atoms with Gasteiger partial charge < -0.3 is 20.2 Å². The maximum Gasteiger partial charge on any atom is 0.337 e. The second kappa shape index (κ2) is 7.76. The largest absolute Gasteiger partial charge is 0.478 e. The number of amides is 1. The van der Waals surface area contributed by atoms with Crippen molar-refractivity contribution in [3.8, 4) is 0 Å². The molecule has 1 saturated heterocycles. The summed E-state index contributed by atoms with van der Waals surface area (Å²) in [5, 5.41) is 12.5. The minimum Gasteiger partial charge on any atom is -0.478 e. The standard InChI is InChI=1S/C19H20ClN3O3/c1-22-8-10-23(11-9-22)13-6-7-17(15(12-13)19(25)26)21-18(24)14-4-2-3-5-16(14)20/h2-7,12H,8-11H2,1H3,(H,21,24)(H,25,26). The van der Waals surface area contributed by atoms with Crippen LogP contribution < -0.4 is 10.2 Å². The van der Waals surface area contributed by atoms with Crippen LogP contribution in [0, 0.1) is 0 Å². The summed E-state index contributed by atoms with van der Waals surface area (Å²) in [5.41, 5.74) is 1.45. The molecule has 136 valence electrons. The molecule has 0 aliphatic carbocycles. The number of halogens is 1. The zero-order valence-corrected chi connectivity index (χ0v) is 15.2. The van der Waals surface area contributed by atoms with Crippen molar-refractivity contribution in [2.75, 3.05) is 43.4 Å². The normalized spacial score (nSPS) is 14.9. The molecule has 3 rings (SSSR count). The van der Waals surface area contributed by atoms with Crippen LogP contribution in [0.5, 0.6) is 0 Å². The lowest BCUT2D eigenvalue weighted by Gasteiger charge is -2.34. The highest BCUT2D eigenvalue weighted by molar-refractivity contribution is 6.34. The van der Waals surface area contributed by atoms with Crippen molar-refractivity contribution in [1.82, 2.24) is 4.90 Å². The number of carboxylic acid groups (broad SMARTS) is 1. The summed E-state index contributed by atoms with van der Waals surface area (Å²) in [4.78, 5) is 28.5. The van der Waals surface area contributed by atoms with E-state index in [4.69, 9.17) is 11.6 Å². The van der Waals surface area contributed by atoms with Crippen LogP contribution in [0.25, 0.3) is 0 Å². The van der Waals surface area contributed by atoms with Crippen molar-refractivity contribution in [2.24, 2.45) is 0 Å². The van der Waals surface area contributed by atoms with Crippen molar-refractivity contribution < 1.29 is 14.7 Å². The SMILES string of the molecule is CN1CCN(c2ccc(NC(=O)c3ccccc3Cl)c(C(=O)O)c2)CC1. The number of anilines is 2. The highest BCUT2D eigenvalue weighted by Gasteiger charge is 2.19. The summed E-state index contributed by atoms with van der Waals surface area (Å²) in [7, 11) is 2.06. The summed E-state index contributed by atoms with van der Waals surface area (Å²) < 4.78 is 0. The molecule has 1 amide bonds. The van der Waals surface area contributed by atoms with Crippen LogP contribution in [0.1, 0.15) is 20.7 Å². The number of likely N-dealkylation sites (N-methyl/N-ethyl adjacent to an activating group) is 1. The number of piperazine rings is 1. The van der Waals surface area contributed by atoms with E-state index in [0.717, 1.165) is 31.9 Å². The summed E-state index contributed by atoms with van der Waals surface area (Å²) in [5.74, 6) is -1.53. The number of aromatic carboxylic acids is 1. The van der Waals surface area contributed by atoms with Crippen molar-refractivity contribution in [3.63, 3.8) is 0 Å². The van der Waals surface area contributed by atoms with Crippen LogP contribution in [0.4, 0.5) is 11.4 Å². The van der Waals surface area contributed by atoms with Crippen LogP contribution >= 0.6 is 11.6 Å². The van der Waals surface area contributed by atoms with Gasteiger partial charge in [-0.2, -0.15) is 0 Å². The van der Waals surface area contributed by atoms with Gasteiger partial charge in [-0.3, -0.25) is 4.79 Å². The molecule has 1 heterocycles. The third kappa shape index (κ3) is 3.98. The maximum absolute atomic E-state index is 12.4. The lowest BCUT2D eigenvalue weighted by Crippen LogP contribution is -2.44. The highest BCUT2D eigenvalue weighted by Crippen LogP contribution is 2.26. The summed E-state index contributed by atoms with van der Waals surface area (Å²) in [6.07, 6.45) is 0. The fourth-order valence-corrected chi connectivity index (χ4v) is 3.14. The molecule has 0 atom stereocenters. The van der Waals surface area contributed by atoms with Gasteiger partial charge in [0.1, 0.15) is 0 Å². The van der Waals surface area contributed by atoms with E-state index in [1.165, 1.54) is 0 Å². The van der Waals surface area contributed by atoms with E-state index in [1.54, 1.807) is 36.4 Å². The van der Waals surface area contributed by atoms with Crippen molar-refractivity contribution in [1.29, 1.82) is 0 Å². The number of benzene rings is 2. The zero-order chi connectivity index (χ0) is 18.7. The summed E-state index contributed by atoms with van der Waals surface area (Å²) in [6.45, 7) is 3.52. The molecule has 0 aromatic heterocycles. The van der Waals surface area contributed by atoms with Crippen molar-refractivity contribution in [3.05, 3.63) is 58.6 Å².